The molecule has 0 unspecified atom stereocenters. The molecule has 0 amide bonds. The van der Waals surface area contributed by atoms with Crippen LogP contribution in [-0.2, 0) is 11.3 Å². The number of hydrogen-bond acceptors (Lipinski definition) is 4. The molecule has 1 aromatic carbocycles. The van der Waals surface area contributed by atoms with Gasteiger partial charge in [0.25, 0.3) is 0 Å². The summed E-state index contributed by atoms with van der Waals surface area (Å²) in [5.74, 6) is 0. The second-order valence-electron chi connectivity index (χ2n) is 4.02. The summed E-state index contributed by atoms with van der Waals surface area (Å²) in [5, 5.41) is 8.66. The molecule has 0 aliphatic heterocycles. The van der Waals surface area contributed by atoms with Crippen molar-refractivity contribution in [3.8, 4) is 6.07 Å². The van der Waals surface area contributed by atoms with Crippen molar-refractivity contribution in [2.24, 2.45) is 0 Å². The van der Waals surface area contributed by atoms with Crippen molar-refractivity contribution in [3.05, 3.63) is 28.2 Å². The Morgan fingerprint density at radius 1 is 1.44 bits per heavy atom. The first-order valence-electron chi connectivity index (χ1n) is 5.79. The summed E-state index contributed by atoms with van der Waals surface area (Å²) in [6.45, 7) is 2.93. The largest absolute Gasteiger partial charge is 0.398 e. The molecule has 18 heavy (non-hydrogen) atoms. The maximum Gasteiger partial charge on any atom is 0.0635 e. The molecule has 0 saturated carbocycles. The lowest BCUT2D eigenvalue weighted by Gasteiger charge is -2.21. The fourth-order valence-corrected chi connectivity index (χ4v) is 2.03. The van der Waals surface area contributed by atoms with Gasteiger partial charge in [-0.2, -0.15) is 5.26 Å². The van der Waals surface area contributed by atoms with Gasteiger partial charge in [0.2, 0.25) is 0 Å². The van der Waals surface area contributed by atoms with Crippen LogP contribution < -0.4 is 5.73 Å². The molecule has 0 aliphatic rings. The third-order valence-corrected chi connectivity index (χ3v) is 3.15. The van der Waals surface area contributed by atoms with E-state index < -0.39 is 0 Å². The molecule has 0 bridgehead atoms. The Kier molecular flexibility index (Phi) is 6.73. The summed E-state index contributed by atoms with van der Waals surface area (Å²) in [6.07, 6.45) is 0.514. The Bertz CT molecular complexity index is 417. The Morgan fingerprint density at radius 2 is 2.22 bits per heavy atom. The van der Waals surface area contributed by atoms with E-state index in [1.807, 2.05) is 18.2 Å². The van der Waals surface area contributed by atoms with E-state index >= 15 is 0 Å². The van der Waals surface area contributed by atoms with Crippen molar-refractivity contribution < 1.29 is 4.74 Å². The van der Waals surface area contributed by atoms with Gasteiger partial charge in [0.15, 0.2) is 0 Å². The van der Waals surface area contributed by atoms with E-state index in [0.717, 1.165) is 35.4 Å². The van der Waals surface area contributed by atoms with Gasteiger partial charge in [0.05, 0.1) is 12.7 Å². The minimum Gasteiger partial charge on any atom is -0.398 e. The minimum absolute atomic E-state index is 0.514. The molecule has 0 aliphatic carbocycles. The first-order chi connectivity index (χ1) is 8.67. The van der Waals surface area contributed by atoms with Crippen LogP contribution in [-0.4, -0.2) is 31.7 Å². The van der Waals surface area contributed by atoms with Crippen LogP contribution in [0.25, 0.3) is 0 Å². The highest BCUT2D eigenvalue weighted by Crippen LogP contribution is 2.20. The van der Waals surface area contributed by atoms with Gasteiger partial charge in [-0.25, -0.2) is 0 Å². The van der Waals surface area contributed by atoms with Gasteiger partial charge in [0, 0.05) is 43.3 Å². The molecule has 2 N–H and O–H groups in total. The molecule has 0 saturated heterocycles. The number of benzene rings is 1. The minimum atomic E-state index is 0.514. The second-order valence-corrected chi connectivity index (χ2v) is 4.94. The molecule has 0 fully saturated rings. The lowest BCUT2D eigenvalue weighted by Crippen LogP contribution is -2.28. The van der Waals surface area contributed by atoms with E-state index in [0.29, 0.717) is 13.0 Å². The number of nitrogen functional groups attached to an aromatic ring is 1. The van der Waals surface area contributed by atoms with E-state index in [1.165, 1.54) is 0 Å². The third-order valence-electron chi connectivity index (χ3n) is 2.65. The van der Waals surface area contributed by atoms with Crippen LogP contribution in [0.15, 0.2) is 22.7 Å². The topological polar surface area (TPSA) is 62.3 Å². The number of ether oxygens (including phenoxy) is 1. The van der Waals surface area contributed by atoms with Gasteiger partial charge in [0.1, 0.15) is 0 Å². The van der Waals surface area contributed by atoms with E-state index in [9.17, 15) is 0 Å². The number of halogens is 1. The summed E-state index contributed by atoms with van der Waals surface area (Å²) < 4.78 is 6.05. The van der Waals surface area contributed by atoms with E-state index in [4.69, 9.17) is 15.7 Å². The zero-order chi connectivity index (χ0) is 13.4. The molecule has 4 nitrogen and oxygen atoms in total. The SMILES string of the molecule is COCCN(CCC#N)Cc1ccc(Br)cc1N. The first kappa shape index (κ1) is 15.0. The predicted octanol–water partition coefficient (Wildman–Crippen LogP) is 2.39. The molecule has 1 aromatic rings. The summed E-state index contributed by atoms with van der Waals surface area (Å²) in [4.78, 5) is 2.17. The summed E-state index contributed by atoms with van der Waals surface area (Å²) >= 11 is 3.39. The van der Waals surface area contributed by atoms with E-state index in [1.54, 1.807) is 7.11 Å². The second kappa shape index (κ2) is 8.09. The van der Waals surface area contributed by atoms with Crippen LogP contribution in [0.1, 0.15) is 12.0 Å². The molecule has 0 aromatic heterocycles. The maximum atomic E-state index is 8.66. The Morgan fingerprint density at radius 3 is 2.83 bits per heavy atom. The van der Waals surface area contributed by atoms with Crippen LogP contribution in [0.3, 0.4) is 0 Å². The first-order valence-corrected chi connectivity index (χ1v) is 6.59. The lowest BCUT2D eigenvalue weighted by atomic mass is 10.1. The number of anilines is 1. The smallest absolute Gasteiger partial charge is 0.0635 e. The van der Waals surface area contributed by atoms with Crippen molar-refractivity contribution in [1.82, 2.24) is 4.90 Å². The van der Waals surface area contributed by atoms with Crippen LogP contribution in [0.2, 0.25) is 0 Å². The van der Waals surface area contributed by atoms with Gasteiger partial charge in [-0.05, 0) is 17.7 Å². The number of nitrogens with zero attached hydrogens (tertiary/aromatic N) is 2. The quantitative estimate of drug-likeness (QED) is 0.785. The Labute approximate surface area is 116 Å². The average molecular weight is 312 g/mol. The molecule has 98 valence electrons. The summed E-state index contributed by atoms with van der Waals surface area (Å²) in [6, 6.07) is 8.04. The van der Waals surface area contributed by atoms with Gasteiger partial charge >= 0.3 is 0 Å². The molecule has 5 heteroatoms. The maximum absolute atomic E-state index is 8.66. The third kappa shape index (κ3) is 5.05. The Hall–Kier alpha value is -1.09. The van der Waals surface area contributed by atoms with Crippen LogP contribution in [0.4, 0.5) is 5.69 Å². The fraction of sp³-hybridized carbons (Fsp3) is 0.462. The van der Waals surface area contributed by atoms with Crippen molar-refractivity contribution in [2.75, 3.05) is 32.5 Å². The number of rotatable bonds is 7. The van der Waals surface area contributed by atoms with E-state index in [2.05, 4.69) is 26.9 Å². The summed E-state index contributed by atoms with van der Waals surface area (Å²) in [5.41, 5.74) is 7.82. The van der Waals surface area contributed by atoms with Crippen molar-refractivity contribution in [2.45, 2.75) is 13.0 Å². The molecule has 0 spiro atoms. The van der Waals surface area contributed by atoms with Crippen molar-refractivity contribution in [3.63, 3.8) is 0 Å². The molecular formula is C13H18BrN3O. The average Bonchev–Trinajstić information content (AvgIpc) is 2.35. The molecule has 0 radical (unpaired) electrons. The predicted molar refractivity (Wildman–Crippen MR) is 75.9 cm³/mol. The van der Waals surface area contributed by atoms with Gasteiger partial charge in [-0.3, -0.25) is 4.90 Å². The lowest BCUT2D eigenvalue weighted by molar-refractivity contribution is 0.145. The number of hydrogen-bond donors (Lipinski definition) is 1. The zero-order valence-corrected chi connectivity index (χ0v) is 12.1. The monoisotopic (exact) mass is 311 g/mol. The van der Waals surface area contributed by atoms with Crippen molar-refractivity contribution in [1.29, 1.82) is 5.26 Å². The highest BCUT2D eigenvalue weighted by atomic mass is 79.9. The van der Waals surface area contributed by atoms with Crippen molar-refractivity contribution >= 4 is 21.6 Å². The highest BCUT2D eigenvalue weighted by Gasteiger charge is 2.08. The van der Waals surface area contributed by atoms with Gasteiger partial charge < -0.3 is 10.5 Å². The van der Waals surface area contributed by atoms with E-state index in [-0.39, 0.29) is 0 Å². The molecular weight excluding hydrogens is 294 g/mol. The van der Waals surface area contributed by atoms with Crippen LogP contribution >= 0.6 is 15.9 Å². The normalized spacial score (nSPS) is 10.6. The number of methoxy groups -OCH3 is 1. The van der Waals surface area contributed by atoms with Crippen LogP contribution in [0.5, 0.6) is 0 Å². The number of nitrogens with two attached hydrogens (primary N) is 1. The highest BCUT2D eigenvalue weighted by molar-refractivity contribution is 9.10. The van der Waals surface area contributed by atoms with Gasteiger partial charge in [-0.1, -0.05) is 22.0 Å². The fourth-order valence-electron chi connectivity index (χ4n) is 1.65. The zero-order valence-electron chi connectivity index (χ0n) is 10.5. The molecule has 0 atom stereocenters. The Balaban J connectivity index is 2.66. The summed E-state index contributed by atoms with van der Waals surface area (Å²) in [7, 11) is 1.68. The standard InChI is InChI=1S/C13H18BrN3O/c1-18-8-7-17(6-2-5-15)10-11-3-4-12(14)9-13(11)16/h3-4,9H,2,6-8,10,16H2,1H3. The molecule has 1 rings (SSSR count). The number of nitriles is 1. The molecule has 0 heterocycles. The van der Waals surface area contributed by atoms with Gasteiger partial charge in [-0.15, -0.1) is 0 Å². The van der Waals surface area contributed by atoms with Crippen LogP contribution in [0, 0.1) is 11.3 Å².